The van der Waals surface area contributed by atoms with Crippen molar-refractivity contribution in [1.29, 1.82) is 0 Å². The van der Waals surface area contributed by atoms with Crippen molar-refractivity contribution < 1.29 is 19.3 Å². The molecule has 130 valence electrons. The van der Waals surface area contributed by atoms with Gasteiger partial charge in [-0.2, -0.15) is 0 Å². The Morgan fingerprint density at radius 1 is 0.625 bits per heavy atom. The van der Waals surface area contributed by atoms with Gasteiger partial charge in [-0.05, 0) is 49.9 Å². The molecular formula is C18H24N2O4. The minimum atomic E-state index is -0.382. The van der Waals surface area contributed by atoms with E-state index in [9.17, 15) is 9.59 Å². The molecule has 2 fully saturated rings. The molecule has 6 nitrogen and oxygen atoms in total. The zero-order valence-electron chi connectivity index (χ0n) is 13.9. The van der Waals surface area contributed by atoms with Crippen LogP contribution in [0.4, 0.5) is 0 Å². The number of hydrogen-bond acceptors (Lipinski definition) is 6. The van der Waals surface area contributed by atoms with Crippen LogP contribution in [0.1, 0.15) is 59.2 Å². The quantitative estimate of drug-likeness (QED) is 0.845. The van der Waals surface area contributed by atoms with E-state index in [1.807, 2.05) is 0 Å². The maximum Gasteiger partial charge on any atom is 0.357 e. The van der Waals surface area contributed by atoms with Gasteiger partial charge in [-0.25, -0.2) is 9.59 Å². The van der Waals surface area contributed by atoms with Gasteiger partial charge < -0.3 is 9.68 Å². The molecule has 0 unspecified atom stereocenters. The van der Waals surface area contributed by atoms with E-state index in [0.29, 0.717) is 11.1 Å². The van der Waals surface area contributed by atoms with Crippen LogP contribution < -0.4 is 0 Å². The number of benzene rings is 1. The Morgan fingerprint density at radius 3 is 1.29 bits per heavy atom. The normalized spacial score (nSPS) is 19.7. The van der Waals surface area contributed by atoms with Crippen LogP contribution in [0, 0.1) is 0 Å². The lowest BCUT2D eigenvalue weighted by atomic mass is 10.1. The molecule has 0 aliphatic carbocycles. The summed E-state index contributed by atoms with van der Waals surface area (Å²) in [6.07, 6.45) is 6.57. The fourth-order valence-corrected chi connectivity index (χ4v) is 2.99. The van der Waals surface area contributed by atoms with Crippen molar-refractivity contribution >= 4 is 11.9 Å². The monoisotopic (exact) mass is 332 g/mol. The van der Waals surface area contributed by atoms with Gasteiger partial charge in [0.15, 0.2) is 0 Å². The number of rotatable bonds is 4. The highest BCUT2D eigenvalue weighted by Crippen LogP contribution is 2.14. The Labute approximate surface area is 142 Å². The topological polar surface area (TPSA) is 59.1 Å². The molecule has 2 saturated heterocycles. The number of hydroxylamine groups is 4. The van der Waals surface area contributed by atoms with Crippen LogP contribution in [0.25, 0.3) is 0 Å². The molecule has 2 heterocycles. The van der Waals surface area contributed by atoms with Crippen molar-refractivity contribution in [2.75, 3.05) is 26.2 Å². The number of nitrogens with zero attached hydrogens (tertiary/aromatic N) is 2. The highest BCUT2D eigenvalue weighted by Gasteiger charge is 2.19. The van der Waals surface area contributed by atoms with Gasteiger partial charge in [0.1, 0.15) is 0 Å². The Bertz CT molecular complexity index is 510. The van der Waals surface area contributed by atoms with E-state index in [1.54, 1.807) is 34.4 Å². The number of piperidine rings is 2. The van der Waals surface area contributed by atoms with Crippen LogP contribution in [-0.4, -0.2) is 48.2 Å². The van der Waals surface area contributed by atoms with Crippen LogP contribution in [0.5, 0.6) is 0 Å². The maximum absolute atomic E-state index is 12.1. The molecule has 0 bridgehead atoms. The average molecular weight is 332 g/mol. The molecule has 0 N–H and O–H groups in total. The molecule has 0 spiro atoms. The molecule has 1 aromatic rings. The van der Waals surface area contributed by atoms with E-state index in [0.717, 1.165) is 51.9 Å². The lowest BCUT2D eigenvalue weighted by Gasteiger charge is -2.25. The van der Waals surface area contributed by atoms with Gasteiger partial charge in [-0.1, -0.05) is 12.8 Å². The lowest BCUT2D eigenvalue weighted by molar-refractivity contribution is -0.120. The number of carbonyl (C=O) groups excluding carboxylic acids is 2. The zero-order valence-corrected chi connectivity index (χ0v) is 13.9. The van der Waals surface area contributed by atoms with Crippen LogP contribution in [0.15, 0.2) is 24.3 Å². The van der Waals surface area contributed by atoms with Crippen molar-refractivity contribution in [3.05, 3.63) is 35.4 Å². The van der Waals surface area contributed by atoms with E-state index in [-0.39, 0.29) is 11.9 Å². The van der Waals surface area contributed by atoms with Gasteiger partial charge in [0.25, 0.3) is 0 Å². The van der Waals surface area contributed by atoms with Crippen molar-refractivity contribution in [3.63, 3.8) is 0 Å². The molecule has 0 aromatic heterocycles. The van der Waals surface area contributed by atoms with E-state index in [2.05, 4.69) is 0 Å². The van der Waals surface area contributed by atoms with Crippen molar-refractivity contribution in [2.45, 2.75) is 38.5 Å². The Morgan fingerprint density at radius 2 is 0.958 bits per heavy atom. The highest BCUT2D eigenvalue weighted by atomic mass is 16.7. The molecule has 0 radical (unpaired) electrons. The lowest BCUT2D eigenvalue weighted by Crippen LogP contribution is -2.32. The summed E-state index contributed by atoms with van der Waals surface area (Å²) in [5, 5.41) is 3.43. The predicted octanol–water partition coefficient (Wildman–Crippen LogP) is 2.80. The maximum atomic E-state index is 12.1. The second kappa shape index (κ2) is 8.26. The fraction of sp³-hybridized carbons (Fsp3) is 0.556. The molecule has 2 aliphatic rings. The summed E-state index contributed by atoms with van der Waals surface area (Å²) in [5.41, 5.74) is 0.880. The van der Waals surface area contributed by atoms with E-state index >= 15 is 0 Å². The van der Waals surface area contributed by atoms with Gasteiger partial charge in [-0.3, -0.25) is 0 Å². The van der Waals surface area contributed by atoms with Crippen LogP contribution in [0.2, 0.25) is 0 Å². The van der Waals surface area contributed by atoms with Crippen molar-refractivity contribution in [1.82, 2.24) is 10.1 Å². The summed E-state index contributed by atoms with van der Waals surface area (Å²) in [6.45, 7) is 3.13. The molecule has 3 rings (SSSR count). The summed E-state index contributed by atoms with van der Waals surface area (Å²) < 4.78 is 0. The van der Waals surface area contributed by atoms with Gasteiger partial charge >= 0.3 is 11.9 Å². The predicted molar refractivity (Wildman–Crippen MR) is 88.1 cm³/mol. The van der Waals surface area contributed by atoms with E-state index in [4.69, 9.17) is 9.68 Å². The molecule has 6 heteroatoms. The van der Waals surface area contributed by atoms with Crippen molar-refractivity contribution in [3.8, 4) is 0 Å². The van der Waals surface area contributed by atoms with Gasteiger partial charge in [0, 0.05) is 26.2 Å². The first kappa shape index (κ1) is 16.9. The molecule has 24 heavy (non-hydrogen) atoms. The van der Waals surface area contributed by atoms with Gasteiger partial charge in [0.2, 0.25) is 0 Å². The molecule has 2 aliphatic heterocycles. The SMILES string of the molecule is O=C(ON1CCCCC1)c1ccc(C(=O)ON2CCCCC2)cc1. The van der Waals surface area contributed by atoms with Crippen LogP contribution >= 0.6 is 0 Å². The van der Waals surface area contributed by atoms with E-state index in [1.165, 1.54) is 12.8 Å². The van der Waals surface area contributed by atoms with E-state index < -0.39 is 0 Å². The molecule has 1 aromatic carbocycles. The Kier molecular flexibility index (Phi) is 5.82. The zero-order chi connectivity index (χ0) is 16.8. The Balaban J connectivity index is 1.53. The molecule has 0 saturated carbocycles. The summed E-state index contributed by atoms with van der Waals surface area (Å²) >= 11 is 0. The largest absolute Gasteiger partial charge is 0.364 e. The van der Waals surface area contributed by atoms with Gasteiger partial charge in [0.05, 0.1) is 11.1 Å². The number of hydrogen-bond donors (Lipinski definition) is 0. The van der Waals surface area contributed by atoms with Crippen LogP contribution in [-0.2, 0) is 9.68 Å². The molecule has 0 atom stereocenters. The highest BCUT2D eigenvalue weighted by molar-refractivity contribution is 5.93. The Hall–Kier alpha value is -1.92. The summed E-state index contributed by atoms with van der Waals surface area (Å²) in [4.78, 5) is 35.0. The first-order valence-electron chi connectivity index (χ1n) is 8.77. The minimum absolute atomic E-state index is 0.382. The standard InChI is InChI=1S/C18H24N2O4/c21-17(23-19-11-3-1-4-12-19)15-7-9-16(10-8-15)18(22)24-20-13-5-2-6-14-20/h7-10H,1-6,11-14H2. The second-order valence-corrected chi connectivity index (χ2v) is 6.31. The first-order valence-corrected chi connectivity index (χ1v) is 8.77. The summed E-state index contributed by atoms with van der Waals surface area (Å²) in [7, 11) is 0. The fourth-order valence-electron chi connectivity index (χ4n) is 2.99. The molecule has 0 amide bonds. The van der Waals surface area contributed by atoms with Crippen LogP contribution in [0.3, 0.4) is 0 Å². The average Bonchev–Trinajstić information content (AvgIpc) is 2.63. The minimum Gasteiger partial charge on any atom is -0.364 e. The smallest absolute Gasteiger partial charge is 0.357 e. The first-order chi connectivity index (χ1) is 11.7. The second-order valence-electron chi connectivity index (χ2n) is 6.31. The van der Waals surface area contributed by atoms with Crippen molar-refractivity contribution in [2.24, 2.45) is 0 Å². The number of carbonyl (C=O) groups is 2. The third-order valence-electron chi connectivity index (χ3n) is 4.41. The third kappa shape index (κ3) is 4.55. The molecular weight excluding hydrogens is 308 g/mol. The summed E-state index contributed by atoms with van der Waals surface area (Å²) in [5.74, 6) is -0.763. The summed E-state index contributed by atoms with van der Waals surface area (Å²) in [6, 6.07) is 6.44. The third-order valence-corrected chi connectivity index (χ3v) is 4.41. The van der Waals surface area contributed by atoms with Gasteiger partial charge in [-0.15, -0.1) is 10.1 Å².